The molecular weight excluding hydrogens is 232 g/mol. The van der Waals surface area contributed by atoms with Crippen LogP contribution in [-0.2, 0) is 0 Å². The molecule has 1 saturated carbocycles. The van der Waals surface area contributed by atoms with Crippen molar-refractivity contribution in [3.63, 3.8) is 0 Å². The van der Waals surface area contributed by atoms with Crippen LogP contribution in [0.1, 0.15) is 86.5 Å². The van der Waals surface area contributed by atoms with Gasteiger partial charge in [-0.05, 0) is 18.4 Å². The van der Waals surface area contributed by atoms with Crippen molar-refractivity contribution in [2.45, 2.75) is 103 Å². The summed E-state index contributed by atoms with van der Waals surface area (Å²) in [4.78, 5) is 0. The Labute approximate surface area is 117 Å². The summed E-state index contributed by atoms with van der Waals surface area (Å²) in [5.41, 5.74) is 4.77. The van der Waals surface area contributed by atoms with Gasteiger partial charge >= 0.3 is 0 Å². The summed E-state index contributed by atoms with van der Waals surface area (Å²) in [6, 6.07) is 0. The molecule has 0 N–H and O–H groups in total. The maximum absolute atomic E-state index is 2.51. The number of hydrogen-bond acceptors (Lipinski definition) is 0. The van der Waals surface area contributed by atoms with Crippen LogP contribution in [-0.4, -0.2) is 8.07 Å². The van der Waals surface area contributed by atoms with Crippen molar-refractivity contribution in [2.75, 3.05) is 0 Å². The third-order valence-electron chi connectivity index (χ3n) is 5.44. The summed E-state index contributed by atoms with van der Waals surface area (Å²) < 4.78 is 0. The van der Waals surface area contributed by atoms with E-state index >= 15 is 0 Å². The minimum atomic E-state index is -1.26. The molecule has 0 aromatic carbocycles. The van der Waals surface area contributed by atoms with Gasteiger partial charge < -0.3 is 0 Å². The molecule has 0 nitrogen and oxygen atoms in total. The summed E-state index contributed by atoms with van der Waals surface area (Å²) in [6.45, 7) is 15.1. The van der Waals surface area contributed by atoms with Crippen molar-refractivity contribution in [1.82, 2.24) is 0 Å². The molecule has 1 aliphatic rings. The molecule has 1 aliphatic carbocycles. The zero-order chi connectivity index (χ0) is 13.8. The zero-order valence-electron chi connectivity index (χ0n) is 13.7. The van der Waals surface area contributed by atoms with E-state index in [2.05, 4.69) is 41.5 Å². The van der Waals surface area contributed by atoms with Crippen molar-refractivity contribution < 1.29 is 0 Å². The second-order valence-corrected chi connectivity index (χ2v) is 13.3. The first kappa shape index (κ1) is 16.3. The molecule has 0 saturated heterocycles. The molecule has 0 aliphatic heterocycles. The number of hydrogen-bond donors (Lipinski definition) is 0. The van der Waals surface area contributed by atoms with Gasteiger partial charge in [0.1, 0.15) is 0 Å². The molecule has 18 heavy (non-hydrogen) atoms. The normalized spacial score (nSPS) is 20.5. The molecule has 1 fully saturated rings. The van der Waals surface area contributed by atoms with Crippen molar-refractivity contribution in [2.24, 2.45) is 0 Å². The number of rotatable bonds is 4. The van der Waals surface area contributed by atoms with Crippen LogP contribution in [0.2, 0.25) is 16.6 Å². The summed E-state index contributed by atoms with van der Waals surface area (Å²) in [6.07, 6.45) is 10.3. The Hall–Kier alpha value is 0.217. The first-order valence-corrected chi connectivity index (χ1v) is 10.5. The minimum Gasteiger partial charge on any atom is -0.0651 e. The lowest BCUT2D eigenvalue weighted by atomic mass is 10.0. The van der Waals surface area contributed by atoms with E-state index in [0.29, 0.717) is 0 Å². The van der Waals surface area contributed by atoms with Gasteiger partial charge in [0.05, 0.1) is 8.07 Å². The molecule has 1 heteroatoms. The van der Waals surface area contributed by atoms with E-state index in [0.717, 1.165) is 16.6 Å². The summed E-state index contributed by atoms with van der Waals surface area (Å²) in [5.74, 6) is 0. The van der Waals surface area contributed by atoms with Gasteiger partial charge in [0, 0.05) is 0 Å². The highest BCUT2D eigenvalue weighted by molar-refractivity contribution is 6.88. The van der Waals surface area contributed by atoms with E-state index in [1.165, 1.54) is 44.9 Å². The third kappa shape index (κ3) is 3.21. The molecule has 0 aromatic heterocycles. The van der Waals surface area contributed by atoms with E-state index < -0.39 is 8.07 Å². The largest absolute Gasteiger partial charge is 0.0677 e. The summed E-state index contributed by atoms with van der Waals surface area (Å²) >= 11 is 0. The van der Waals surface area contributed by atoms with Gasteiger partial charge in [-0.1, -0.05) is 90.3 Å². The molecular formula is C17H35Si. The Bertz CT molecular complexity index is 200. The Morgan fingerprint density at radius 2 is 0.944 bits per heavy atom. The van der Waals surface area contributed by atoms with Crippen LogP contribution < -0.4 is 0 Å². The monoisotopic (exact) mass is 267 g/mol. The Morgan fingerprint density at radius 1 is 0.611 bits per heavy atom. The molecule has 0 atom stereocenters. The van der Waals surface area contributed by atoms with Crippen molar-refractivity contribution >= 4 is 8.07 Å². The van der Waals surface area contributed by atoms with Crippen LogP contribution >= 0.6 is 0 Å². The molecule has 0 bridgehead atoms. The fourth-order valence-corrected chi connectivity index (χ4v) is 12.7. The maximum Gasteiger partial charge on any atom is 0.0677 e. The minimum absolute atomic E-state index is 0.909. The molecule has 107 valence electrons. The SMILES string of the molecule is CC(C)[Si]([C]1CCCCCCC1)(C(C)C)C(C)C. The molecule has 1 radical (unpaired) electrons. The van der Waals surface area contributed by atoms with Gasteiger partial charge in [-0.25, -0.2) is 0 Å². The standard InChI is InChI=1S/C17H35Si/c1-14(2)18(15(3)4,16(5)6)17-12-10-8-7-9-11-13-17/h14-16H,7-13H2,1-6H3. The van der Waals surface area contributed by atoms with E-state index in [-0.39, 0.29) is 0 Å². The van der Waals surface area contributed by atoms with E-state index in [9.17, 15) is 0 Å². The molecule has 0 aromatic rings. The van der Waals surface area contributed by atoms with Crippen LogP contribution in [0.25, 0.3) is 0 Å². The topological polar surface area (TPSA) is 0 Å². The lowest BCUT2D eigenvalue weighted by Gasteiger charge is -2.49. The quantitative estimate of drug-likeness (QED) is 0.508. The first-order chi connectivity index (χ1) is 8.44. The van der Waals surface area contributed by atoms with Crippen LogP contribution in [0.5, 0.6) is 0 Å². The molecule has 0 heterocycles. The van der Waals surface area contributed by atoms with Gasteiger partial charge in [0.2, 0.25) is 0 Å². The average molecular weight is 268 g/mol. The van der Waals surface area contributed by atoms with E-state index in [4.69, 9.17) is 0 Å². The fourth-order valence-electron chi connectivity index (χ4n) is 4.99. The highest BCUT2D eigenvalue weighted by atomic mass is 28.3. The molecule has 0 amide bonds. The van der Waals surface area contributed by atoms with Crippen molar-refractivity contribution in [1.29, 1.82) is 0 Å². The van der Waals surface area contributed by atoms with Gasteiger partial charge in [0.25, 0.3) is 0 Å². The average Bonchev–Trinajstić information content (AvgIpc) is 2.19. The van der Waals surface area contributed by atoms with Crippen LogP contribution in [0.4, 0.5) is 0 Å². The summed E-state index contributed by atoms with van der Waals surface area (Å²) in [5, 5.41) is 0. The second kappa shape index (κ2) is 7.12. The Balaban J connectivity index is 2.98. The van der Waals surface area contributed by atoms with Gasteiger partial charge in [-0.2, -0.15) is 0 Å². The predicted molar refractivity (Wildman–Crippen MR) is 86.6 cm³/mol. The lowest BCUT2D eigenvalue weighted by Crippen LogP contribution is -2.50. The molecule has 0 spiro atoms. The Kier molecular flexibility index (Phi) is 6.44. The summed E-state index contributed by atoms with van der Waals surface area (Å²) in [7, 11) is -1.26. The van der Waals surface area contributed by atoms with Crippen LogP contribution in [0.15, 0.2) is 0 Å². The van der Waals surface area contributed by atoms with Gasteiger partial charge in [-0.15, -0.1) is 0 Å². The maximum atomic E-state index is 2.51. The fraction of sp³-hybridized carbons (Fsp3) is 0.941. The Morgan fingerprint density at radius 3 is 1.28 bits per heavy atom. The van der Waals surface area contributed by atoms with E-state index in [1.807, 2.05) is 5.54 Å². The van der Waals surface area contributed by atoms with E-state index in [1.54, 1.807) is 0 Å². The van der Waals surface area contributed by atoms with Gasteiger partial charge in [-0.3, -0.25) is 0 Å². The van der Waals surface area contributed by atoms with Gasteiger partial charge in [0.15, 0.2) is 0 Å². The molecule has 0 unspecified atom stereocenters. The lowest BCUT2D eigenvalue weighted by molar-refractivity contribution is 0.539. The predicted octanol–water partition coefficient (Wildman–Crippen LogP) is 6.52. The second-order valence-electron chi connectivity index (χ2n) is 7.27. The van der Waals surface area contributed by atoms with Crippen LogP contribution in [0.3, 0.4) is 0 Å². The van der Waals surface area contributed by atoms with Crippen molar-refractivity contribution in [3.05, 3.63) is 5.54 Å². The van der Waals surface area contributed by atoms with Crippen LogP contribution in [0, 0.1) is 5.54 Å². The zero-order valence-corrected chi connectivity index (χ0v) is 14.7. The third-order valence-corrected chi connectivity index (χ3v) is 12.9. The van der Waals surface area contributed by atoms with Crippen molar-refractivity contribution in [3.8, 4) is 0 Å². The highest BCUT2D eigenvalue weighted by Crippen LogP contribution is 2.51. The smallest absolute Gasteiger partial charge is 0.0651 e. The first-order valence-electron chi connectivity index (χ1n) is 8.29. The highest BCUT2D eigenvalue weighted by Gasteiger charge is 2.48. The molecule has 1 rings (SSSR count).